The highest BCUT2D eigenvalue weighted by atomic mass is 79.9. The van der Waals surface area contributed by atoms with Gasteiger partial charge in [0.05, 0.1) is 12.7 Å². The summed E-state index contributed by atoms with van der Waals surface area (Å²) in [7, 11) is 0. The van der Waals surface area contributed by atoms with Gasteiger partial charge in [-0.05, 0) is 52.6 Å². The van der Waals surface area contributed by atoms with Crippen LogP contribution >= 0.6 is 31.9 Å². The van der Waals surface area contributed by atoms with Gasteiger partial charge in [-0.1, -0.05) is 0 Å². The molecule has 0 amide bonds. The van der Waals surface area contributed by atoms with Gasteiger partial charge >= 0.3 is 0 Å². The molecule has 0 spiro atoms. The molecule has 1 rings (SSSR count). The minimum Gasteiger partial charge on any atom is -0.377 e. The Kier molecular flexibility index (Phi) is 4.60. The lowest BCUT2D eigenvalue weighted by atomic mass is 10.5. The smallest absolute Gasteiger partial charge is 0.139 e. The highest BCUT2D eigenvalue weighted by molar-refractivity contribution is 9.13. The van der Waals surface area contributed by atoms with Gasteiger partial charge in [-0.15, -0.1) is 0 Å². The van der Waals surface area contributed by atoms with Gasteiger partial charge in [-0.25, -0.2) is 4.98 Å². The molecule has 3 nitrogen and oxygen atoms in total. The summed E-state index contributed by atoms with van der Waals surface area (Å²) < 4.78 is 9.38. The molecule has 0 aliphatic heterocycles. The summed E-state index contributed by atoms with van der Waals surface area (Å²) in [6, 6.07) is 0. The van der Waals surface area contributed by atoms with Gasteiger partial charge in [-0.2, -0.15) is 0 Å². The topological polar surface area (TPSA) is 27.1 Å². The number of nitrogens with zero attached hydrogens (tertiary/aromatic N) is 2. The number of aryl methyl sites for hydroxylation is 1. The molecule has 80 valence electrons. The maximum atomic E-state index is 5.48. The normalized spacial score (nSPS) is 11.3. The second-order valence-corrected chi connectivity index (χ2v) is 4.81. The van der Waals surface area contributed by atoms with E-state index in [-0.39, 0.29) is 6.10 Å². The third-order valence-corrected chi connectivity index (χ3v) is 3.71. The van der Waals surface area contributed by atoms with Crippen LogP contribution in [0.25, 0.3) is 0 Å². The third kappa shape index (κ3) is 3.07. The molecule has 0 aliphatic carbocycles. The lowest BCUT2D eigenvalue weighted by Gasteiger charge is -2.09. The minimum absolute atomic E-state index is 0.279. The molecule has 0 atom stereocenters. The zero-order chi connectivity index (χ0) is 10.7. The van der Waals surface area contributed by atoms with Crippen molar-refractivity contribution in [3.8, 4) is 0 Å². The van der Waals surface area contributed by atoms with Crippen LogP contribution in [0.5, 0.6) is 0 Å². The van der Waals surface area contributed by atoms with Crippen molar-refractivity contribution in [3.63, 3.8) is 0 Å². The lowest BCUT2D eigenvalue weighted by molar-refractivity contribution is 0.0721. The Bertz CT molecular complexity index is 310. The predicted molar refractivity (Wildman–Crippen MR) is 63.5 cm³/mol. The first-order chi connectivity index (χ1) is 6.52. The molecule has 0 bridgehead atoms. The molecule has 0 radical (unpaired) electrons. The molecule has 5 heteroatoms. The van der Waals surface area contributed by atoms with E-state index in [0.29, 0.717) is 6.61 Å². The van der Waals surface area contributed by atoms with E-state index >= 15 is 0 Å². The van der Waals surface area contributed by atoms with Gasteiger partial charge in [0.2, 0.25) is 0 Å². The molecule has 1 aromatic heterocycles. The van der Waals surface area contributed by atoms with Crippen molar-refractivity contribution in [2.45, 2.75) is 33.4 Å². The maximum Gasteiger partial charge on any atom is 0.139 e. The second kappa shape index (κ2) is 5.28. The Morgan fingerprint density at radius 3 is 2.50 bits per heavy atom. The zero-order valence-electron chi connectivity index (χ0n) is 8.55. The van der Waals surface area contributed by atoms with E-state index in [1.807, 2.05) is 20.8 Å². The van der Waals surface area contributed by atoms with Gasteiger partial charge < -0.3 is 9.30 Å². The summed E-state index contributed by atoms with van der Waals surface area (Å²) in [4.78, 5) is 4.29. The second-order valence-electron chi connectivity index (χ2n) is 3.31. The predicted octanol–water partition coefficient (Wildman–Crippen LogP) is 3.14. The van der Waals surface area contributed by atoms with Gasteiger partial charge in [0.1, 0.15) is 15.0 Å². The van der Waals surface area contributed by atoms with Crippen molar-refractivity contribution in [1.29, 1.82) is 0 Å². The van der Waals surface area contributed by atoms with E-state index < -0.39 is 0 Å². The van der Waals surface area contributed by atoms with Gasteiger partial charge in [0, 0.05) is 6.54 Å². The van der Waals surface area contributed by atoms with Crippen molar-refractivity contribution in [2.24, 2.45) is 0 Å². The molecule has 0 saturated heterocycles. The summed E-state index contributed by atoms with van der Waals surface area (Å²) in [5.74, 6) is 0.983. The maximum absolute atomic E-state index is 5.48. The highest BCUT2D eigenvalue weighted by Gasteiger charge is 2.09. The van der Waals surface area contributed by atoms with E-state index in [1.165, 1.54) is 0 Å². The molecule has 0 aliphatic rings. The minimum atomic E-state index is 0.279. The van der Waals surface area contributed by atoms with Gasteiger partial charge in [-0.3, -0.25) is 0 Å². The van der Waals surface area contributed by atoms with Crippen molar-refractivity contribution in [1.82, 2.24) is 9.55 Å². The molecule has 14 heavy (non-hydrogen) atoms. The molecular formula is C9H14Br2N2O. The fourth-order valence-corrected chi connectivity index (χ4v) is 2.13. The Balaban J connectivity index is 2.58. The summed E-state index contributed by atoms with van der Waals surface area (Å²) in [5, 5.41) is 0. The average Bonchev–Trinajstić information content (AvgIpc) is 2.31. The van der Waals surface area contributed by atoms with Gasteiger partial charge in [0.25, 0.3) is 0 Å². The molecule has 0 N–H and O–H groups in total. The Morgan fingerprint density at radius 1 is 1.43 bits per heavy atom. The lowest BCUT2D eigenvalue weighted by Crippen LogP contribution is -2.11. The van der Waals surface area contributed by atoms with Gasteiger partial charge in [0.15, 0.2) is 0 Å². The summed E-state index contributed by atoms with van der Waals surface area (Å²) in [6.07, 6.45) is 0.279. The fourth-order valence-electron chi connectivity index (χ4n) is 1.14. The van der Waals surface area contributed by atoms with Crippen LogP contribution in [0.3, 0.4) is 0 Å². The van der Waals surface area contributed by atoms with Crippen LogP contribution in [-0.2, 0) is 11.3 Å². The molecule has 1 heterocycles. The summed E-state index contributed by atoms with van der Waals surface area (Å²) in [5.41, 5.74) is 0. The summed E-state index contributed by atoms with van der Waals surface area (Å²) >= 11 is 6.83. The molecule has 1 aromatic rings. The standard InChI is InChI=1S/C9H14Br2N2O/c1-6(2)14-5-4-13-7(3)12-8(10)9(13)11/h6H,4-5H2,1-3H3. The van der Waals surface area contributed by atoms with E-state index in [2.05, 4.69) is 41.4 Å². The van der Waals surface area contributed by atoms with E-state index in [4.69, 9.17) is 4.74 Å². The monoisotopic (exact) mass is 324 g/mol. The number of imidazole rings is 1. The Labute approximate surface area is 101 Å². The number of hydrogen-bond acceptors (Lipinski definition) is 2. The van der Waals surface area contributed by atoms with E-state index in [9.17, 15) is 0 Å². The summed E-state index contributed by atoms with van der Waals surface area (Å²) in [6.45, 7) is 7.57. The van der Waals surface area contributed by atoms with Crippen molar-refractivity contribution >= 4 is 31.9 Å². The number of hydrogen-bond donors (Lipinski definition) is 0. The first-order valence-corrected chi connectivity index (χ1v) is 6.10. The molecule has 0 fully saturated rings. The van der Waals surface area contributed by atoms with Crippen LogP contribution in [-0.4, -0.2) is 22.3 Å². The zero-order valence-corrected chi connectivity index (χ0v) is 11.7. The molecular weight excluding hydrogens is 312 g/mol. The molecule has 0 saturated carbocycles. The van der Waals surface area contributed by atoms with Crippen LogP contribution in [0.15, 0.2) is 9.21 Å². The van der Waals surface area contributed by atoms with Crippen molar-refractivity contribution in [2.75, 3.05) is 6.61 Å². The van der Waals surface area contributed by atoms with Crippen molar-refractivity contribution in [3.05, 3.63) is 15.0 Å². The fraction of sp³-hybridized carbons (Fsp3) is 0.667. The quantitative estimate of drug-likeness (QED) is 0.850. The average molecular weight is 326 g/mol. The first kappa shape index (κ1) is 12.2. The van der Waals surface area contributed by atoms with Crippen LogP contribution in [0.2, 0.25) is 0 Å². The largest absolute Gasteiger partial charge is 0.377 e. The number of ether oxygens (including phenoxy) is 1. The first-order valence-electron chi connectivity index (χ1n) is 4.52. The number of halogens is 2. The number of rotatable bonds is 4. The molecule has 0 unspecified atom stereocenters. The van der Waals surface area contributed by atoms with Crippen LogP contribution in [0.1, 0.15) is 19.7 Å². The van der Waals surface area contributed by atoms with Crippen molar-refractivity contribution < 1.29 is 4.74 Å². The highest BCUT2D eigenvalue weighted by Crippen LogP contribution is 2.23. The Hall–Kier alpha value is 0.130. The molecule has 0 aromatic carbocycles. The van der Waals surface area contributed by atoms with Crippen LogP contribution in [0.4, 0.5) is 0 Å². The van der Waals surface area contributed by atoms with E-state index in [1.54, 1.807) is 0 Å². The third-order valence-electron chi connectivity index (χ3n) is 1.82. The SMILES string of the molecule is Cc1nc(Br)c(Br)n1CCOC(C)C. The Morgan fingerprint density at radius 2 is 2.07 bits per heavy atom. The van der Waals surface area contributed by atoms with Crippen LogP contribution in [0, 0.1) is 6.92 Å². The number of aromatic nitrogens is 2. The van der Waals surface area contributed by atoms with Crippen LogP contribution < -0.4 is 0 Å². The van der Waals surface area contributed by atoms with E-state index in [0.717, 1.165) is 21.6 Å².